The van der Waals surface area contributed by atoms with Gasteiger partial charge < -0.3 is 19.9 Å². The van der Waals surface area contributed by atoms with E-state index in [-0.39, 0.29) is 59.0 Å². The van der Waals surface area contributed by atoms with Crippen LogP contribution in [0.2, 0.25) is 0 Å². The van der Waals surface area contributed by atoms with E-state index >= 15 is 8.78 Å². The SMILES string of the molecule is C#Cc1cc(-c2c(C)cc(F)cc2C)c(F)c([C@H](CC(=O)O)NC(=O)[C@H](CC(C)C)n2cc(CCN3CC(C#C)C3)c(C(F)(F)F)cc2=O)c1F. The molecule has 1 amide bonds. The van der Waals surface area contributed by atoms with Gasteiger partial charge in [-0.2, -0.15) is 13.2 Å². The van der Waals surface area contributed by atoms with Gasteiger partial charge in [-0.25, -0.2) is 13.2 Å². The number of pyridine rings is 1. The van der Waals surface area contributed by atoms with Crippen molar-refractivity contribution in [2.24, 2.45) is 11.8 Å². The molecule has 2 heterocycles. The van der Waals surface area contributed by atoms with Gasteiger partial charge in [0, 0.05) is 48.9 Å². The Kier molecular flexibility index (Phi) is 11.8. The van der Waals surface area contributed by atoms with E-state index in [9.17, 15) is 37.1 Å². The number of terminal acetylenes is 2. The average Bonchev–Trinajstić information content (AvgIpc) is 2.99. The molecule has 0 bridgehead atoms. The summed E-state index contributed by atoms with van der Waals surface area (Å²) in [4.78, 5) is 41.2. The first-order valence-corrected chi connectivity index (χ1v) is 16.1. The van der Waals surface area contributed by atoms with Gasteiger partial charge in [-0.15, -0.1) is 18.8 Å². The third-order valence-electron chi connectivity index (χ3n) is 8.89. The van der Waals surface area contributed by atoms with Gasteiger partial charge in [-0.1, -0.05) is 19.8 Å². The minimum Gasteiger partial charge on any atom is -0.481 e. The molecule has 0 aliphatic carbocycles. The molecule has 51 heavy (non-hydrogen) atoms. The van der Waals surface area contributed by atoms with Crippen LogP contribution in [0.15, 0.2) is 35.3 Å². The molecule has 0 radical (unpaired) electrons. The number of carbonyl (C=O) groups excluding carboxylic acids is 1. The first-order chi connectivity index (χ1) is 23.9. The molecule has 0 unspecified atom stereocenters. The number of halogens is 6. The third kappa shape index (κ3) is 8.66. The van der Waals surface area contributed by atoms with Crippen LogP contribution in [0.25, 0.3) is 11.1 Å². The van der Waals surface area contributed by atoms with E-state index in [4.69, 9.17) is 12.8 Å². The summed E-state index contributed by atoms with van der Waals surface area (Å²) in [5, 5.41) is 12.1. The van der Waals surface area contributed by atoms with Crippen molar-refractivity contribution < 1.29 is 41.0 Å². The number of likely N-dealkylation sites (tertiary alicyclic amines) is 1. The summed E-state index contributed by atoms with van der Waals surface area (Å²) in [7, 11) is 0. The van der Waals surface area contributed by atoms with Crippen LogP contribution >= 0.6 is 0 Å². The van der Waals surface area contributed by atoms with Crippen LogP contribution in [0.5, 0.6) is 0 Å². The summed E-state index contributed by atoms with van der Waals surface area (Å²) >= 11 is 0. The Bertz CT molecular complexity index is 1960. The number of amides is 1. The molecule has 1 aliphatic rings. The minimum atomic E-state index is -4.89. The predicted octanol–water partition coefficient (Wildman–Crippen LogP) is 6.58. The van der Waals surface area contributed by atoms with Crippen LogP contribution in [0.3, 0.4) is 0 Å². The molecule has 1 aliphatic heterocycles. The van der Waals surface area contributed by atoms with Crippen LogP contribution in [0.1, 0.15) is 72.2 Å². The predicted molar refractivity (Wildman–Crippen MR) is 179 cm³/mol. The normalized spacial score (nSPS) is 14.8. The number of nitrogens with one attached hydrogen (secondary N) is 1. The fourth-order valence-corrected chi connectivity index (χ4v) is 6.48. The van der Waals surface area contributed by atoms with E-state index in [0.717, 1.165) is 29.0 Å². The number of carbonyl (C=O) groups is 2. The Balaban J connectivity index is 1.82. The fourth-order valence-electron chi connectivity index (χ4n) is 6.48. The highest BCUT2D eigenvalue weighted by atomic mass is 19.4. The molecule has 0 saturated carbocycles. The summed E-state index contributed by atoms with van der Waals surface area (Å²) in [6, 6.07) is 0.284. The molecule has 2 atom stereocenters. The number of nitrogens with zero attached hydrogens (tertiary/aromatic N) is 2. The van der Waals surface area contributed by atoms with Gasteiger partial charge in [-0.05, 0) is 73.1 Å². The van der Waals surface area contributed by atoms with Crippen LogP contribution in [-0.4, -0.2) is 46.1 Å². The van der Waals surface area contributed by atoms with E-state index in [1.807, 2.05) is 4.90 Å². The molecule has 2 aromatic carbocycles. The first kappa shape index (κ1) is 38.8. The number of rotatable bonds is 12. The first-order valence-electron chi connectivity index (χ1n) is 16.1. The smallest absolute Gasteiger partial charge is 0.416 e. The summed E-state index contributed by atoms with van der Waals surface area (Å²) in [6.45, 7) is 7.54. The van der Waals surface area contributed by atoms with Crippen LogP contribution in [0, 0.1) is 67.8 Å². The molecule has 2 N–H and O–H groups in total. The quantitative estimate of drug-likeness (QED) is 0.164. The molecule has 13 heteroatoms. The summed E-state index contributed by atoms with van der Waals surface area (Å²) in [6.07, 6.45) is 5.73. The van der Waals surface area contributed by atoms with Crippen molar-refractivity contribution in [2.75, 3.05) is 19.6 Å². The highest BCUT2D eigenvalue weighted by molar-refractivity contribution is 5.82. The number of aryl methyl sites for hydroxylation is 2. The van der Waals surface area contributed by atoms with Crippen LogP contribution in [-0.2, 0) is 22.2 Å². The van der Waals surface area contributed by atoms with E-state index in [2.05, 4.69) is 17.2 Å². The standard InChI is InChI=1S/C38H37F6N3O4/c1-7-23-17-46(18-23)10-9-25-19-47(31(48)15-28(25)38(42,43)44)30(11-20(3)4)37(51)45-29(16-32(49)50)34-35(40)24(8-2)14-27(36(34)41)33-21(5)12-26(39)13-22(33)6/h1-2,12-15,19-20,23,29-30H,9-11,16-18H2,3-6H3,(H,45,51)(H,49,50)/t29-,30-/m0/s1. The second kappa shape index (κ2) is 15.5. The zero-order chi connectivity index (χ0) is 37.9. The maximum atomic E-state index is 16.5. The van der Waals surface area contributed by atoms with Gasteiger partial charge in [0.25, 0.3) is 5.56 Å². The lowest BCUT2D eigenvalue weighted by atomic mass is 9.89. The van der Waals surface area contributed by atoms with E-state index in [0.29, 0.717) is 19.2 Å². The zero-order valence-corrected chi connectivity index (χ0v) is 28.4. The van der Waals surface area contributed by atoms with Crippen molar-refractivity contribution in [3.05, 3.63) is 91.6 Å². The number of aliphatic carboxylic acids is 1. The largest absolute Gasteiger partial charge is 0.481 e. The monoisotopic (exact) mass is 713 g/mol. The third-order valence-corrected chi connectivity index (χ3v) is 8.89. The molecular formula is C38H37F6N3O4. The van der Waals surface area contributed by atoms with Gasteiger partial charge in [0.2, 0.25) is 5.91 Å². The van der Waals surface area contributed by atoms with Crippen molar-refractivity contribution in [3.63, 3.8) is 0 Å². The van der Waals surface area contributed by atoms with Crippen molar-refractivity contribution in [1.29, 1.82) is 0 Å². The molecule has 4 rings (SSSR count). The molecule has 1 aromatic heterocycles. The minimum absolute atomic E-state index is 0.0188. The van der Waals surface area contributed by atoms with Crippen LogP contribution < -0.4 is 10.9 Å². The van der Waals surface area contributed by atoms with Gasteiger partial charge in [-0.3, -0.25) is 14.4 Å². The number of hydrogen-bond acceptors (Lipinski definition) is 4. The van der Waals surface area contributed by atoms with Crippen molar-refractivity contribution in [2.45, 2.75) is 65.2 Å². The van der Waals surface area contributed by atoms with Gasteiger partial charge in [0.05, 0.1) is 23.6 Å². The fraction of sp³-hybridized carbons (Fsp3) is 0.395. The van der Waals surface area contributed by atoms with Crippen molar-refractivity contribution in [3.8, 4) is 35.8 Å². The topological polar surface area (TPSA) is 91.6 Å². The molecule has 1 saturated heterocycles. The second-order valence-electron chi connectivity index (χ2n) is 13.2. The Morgan fingerprint density at radius 3 is 2.20 bits per heavy atom. The maximum absolute atomic E-state index is 16.5. The average molecular weight is 714 g/mol. The highest BCUT2D eigenvalue weighted by Crippen LogP contribution is 2.38. The van der Waals surface area contributed by atoms with E-state index in [1.54, 1.807) is 13.8 Å². The molecule has 3 aromatic rings. The zero-order valence-electron chi connectivity index (χ0n) is 28.4. The lowest BCUT2D eigenvalue weighted by Crippen LogP contribution is -2.46. The molecule has 1 fully saturated rings. The molecular weight excluding hydrogens is 676 g/mol. The number of hydrogen-bond donors (Lipinski definition) is 2. The summed E-state index contributed by atoms with van der Waals surface area (Å²) in [5.41, 5.74) is -3.50. The Morgan fingerprint density at radius 1 is 1.04 bits per heavy atom. The van der Waals surface area contributed by atoms with Crippen molar-refractivity contribution in [1.82, 2.24) is 14.8 Å². The van der Waals surface area contributed by atoms with Gasteiger partial charge in [0.15, 0.2) is 0 Å². The highest BCUT2D eigenvalue weighted by Gasteiger charge is 2.37. The number of carboxylic acid groups (broad SMARTS) is 1. The van der Waals surface area contributed by atoms with E-state index < -0.39 is 76.3 Å². The molecule has 7 nitrogen and oxygen atoms in total. The number of carboxylic acids is 1. The van der Waals surface area contributed by atoms with E-state index in [1.165, 1.54) is 13.8 Å². The van der Waals surface area contributed by atoms with Crippen LogP contribution in [0.4, 0.5) is 26.3 Å². The number of benzene rings is 2. The van der Waals surface area contributed by atoms with Crippen molar-refractivity contribution >= 4 is 11.9 Å². The Hall–Kier alpha value is -5.01. The van der Waals surface area contributed by atoms with Gasteiger partial charge >= 0.3 is 12.1 Å². The lowest BCUT2D eigenvalue weighted by molar-refractivity contribution is -0.139. The number of aromatic nitrogens is 1. The summed E-state index contributed by atoms with van der Waals surface area (Å²) < 4.78 is 89.6. The maximum Gasteiger partial charge on any atom is 0.416 e. The summed E-state index contributed by atoms with van der Waals surface area (Å²) in [5.74, 6) is -1.49. The van der Waals surface area contributed by atoms with Gasteiger partial charge in [0.1, 0.15) is 23.5 Å². The lowest BCUT2D eigenvalue weighted by Gasteiger charge is -2.36. The number of alkyl halides is 3. The molecule has 270 valence electrons. The Labute approximate surface area is 291 Å². The molecule has 0 spiro atoms. The second-order valence-corrected chi connectivity index (χ2v) is 13.2. The Morgan fingerprint density at radius 2 is 1.67 bits per heavy atom.